The van der Waals surface area contributed by atoms with E-state index in [1.54, 1.807) is 0 Å². The summed E-state index contributed by atoms with van der Waals surface area (Å²) < 4.78 is 11.1. The zero-order valence-corrected chi connectivity index (χ0v) is 22.9. The predicted molar refractivity (Wildman–Crippen MR) is 176 cm³/mol. The van der Waals surface area contributed by atoms with Crippen molar-refractivity contribution in [2.45, 2.75) is 6.04 Å². The molecule has 0 fully saturated rings. The predicted octanol–water partition coefficient (Wildman–Crippen LogP) is 9.85. The fourth-order valence-electron chi connectivity index (χ4n) is 7.65. The van der Waals surface area contributed by atoms with Gasteiger partial charge in [-0.15, -0.1) is 0 Å². The minimum Gasteiger partial charge on any atom is -0.456 e. The molecule has 1 unspecified atom stereocenters. The Kier molecular flexibility index (Phi) is 3.83. The number of aliphatic imine (C=N–C) groups is 1. The number of benzene rings is 6. The van der Waals surface area contributed by atoms with Crippen LogP contribution in [0.3, 0.4) is 0 Å². The van der Waals surface area contributed by atoms with E-state index in [0.717, 1.165) is 50.4 Å². The van der Waals surface area contributed by atoms with Crippen molar-refractivity contribution in [1.29, 1.82) is 0 Å². The Labute approximate surface area is 244 Å². The molecule has 1 atom stereocenters. The summed E-state index contributed by atoms with van der Waals surface area (Å²) in [7, 11) is 0. The third-order valence-electron chi connectivity index (χ3n) is 9.47. The van der Waals surface area contributed by atoms with E-state index in [0.29, 0.717) is 0 Å². The first-order valence-electron chi connectivity index (χ1n) is 14.7. The molecule has 0 saturated heterocycles. The average Bonchev–Trinajstić information content (AvgIpc) is 3.77. The molecule has 0 radical (unpaired) electrons. The molecule has 9 aromatic rings. The van der Waals surface area contributed by atoms with E-state index in [-0.39, 0.29) is 6.04 Å². The van der Waals surface area contributed by atoms with Crippen LogP contribution in [0.25, 0.3) is 71.2 Å². The second-order valence-electron chi connectivity index (χ2n) is 11.7. The summed E-state index contributed by atoms with van der Waals surface area (Å²) in [6, 6.07) is 43.3. The molecule has 1 N–H and O–H groups in total. The molecular weight excluding hydrogens is 528 g/mol. The summed E-state index contributed by atoms with van der Waals surface area (Å²) in [5.74, 6) is 1.03. The number of nitrogens with one attached hydrogen (secondary N) is 1. The van der Waals surface area contributed by atoms with Crippen LogP contribution in [0.5, 0.6) is 0 Å². The average molecular weight is 551 g/mol. The molecule has 0 amide bonds. The quantitative estimate of drug-likeness (QED) is 0.221. The molecule has 0 saturated carbocycles. The van der Waals surface area contributed by atoms with Crippen molar-refractivity contribution >= 4 is 82.8 Å². The van der Waals surface area contributed by atoms with Crippen LogP contribution in [-0.2, 0) is 0 Å². The van der Waals surface area contributed by atoms with Gasteiger partial charge in [0.2, 0.25) is 0 Å². The van der Waals surface area contributed by atoms with Gasteiger partial charge in [-0.2, -0.15) is 0 Å². The fraction of sp³-hybridized carbons (Fsp3) is 0.0263. The van der Waals surface area contributed by atoms with E-state index < -0.39 is 0 Å². The summed E-state index contributed by atoms with van der Waals surface area (Å²) in [5.41, 5.74) is 11.0. The summed E-state index contributed by atoms with van der Waals surface area (Å²) in [5, 5.41) is 11.0. The molecule has 11 rings (SSSR count). The van der Waals surface area contributed by atoms with Gasteiger partial charge in [0, 0.05) is 49.6 Å². The van der Waals surface area contributed by atoms with Crippen LogP contribution in [0.1, 0.15) is 11.6 Å². The Hall–Kier alpha value is -5.81. The highest BCUT2D eigenvalue weighted by Gasteiger charge is 2.36. The second kappa shape index (κ2) is 7.52. The van der Waals surface area contributed by atoms with Crippen molar-refractivity contribution in [3.8, 4) is 5.69 Å². The molecule has 0 aliphatic carbocycles. The number of rotatable bonds is 1. The third kappa shape index (κ3) is 2.66. The van der Waals surface area contributed by atoms with Gasteiger partial charge in [-0.25, -0.2) is 4.99 Å². The zero-order chi connectivity index (χ0) is 27.8. The van der Waals surface area contributed by atoms with Crippen molar-refractivity contribution in [3.63, 3.8) is 0 Å². The van der Waals surface area contributed by atoms with Crippen LogP contribution in [0.15, 0.2) is 131 Å². The van der Waals surface area contributed by atoms with Crippen molar-refractivity contribution in [1.82, 2.24) is 9.13 Å². The van der Waals surface area contributed by atoms with Crippen molar-refractivity contribution < 1.29 is 4.42 Å². The highest BCUT2D eigenvalue weighted by molar-refractivity contribution is 6.25. The van der Waals surface area contributed by atoms with Gasteiger partial charge in [0.1, 0.15) is 23.0 Å². The number of aromatic nitrogens is 2. The summed E-state index contributed by atoms with van der Waals surface area (Å²) in [6.07, 6.45) is 0. The molecule has 0 bridgehead atoms. The monoisotopic (exact) mass is 550 g/mol. The lowest BCUT2D eigenvalue weighted by Gasteiger charge is -2.23. The van der Waals surface area contributed by atoms with E-state index in [1.165, 1.54) is 43.7 Å². The Morgan fingerprint density at radius 1 is 0.558 bits per heavy atom. The van der Waals surface area contributed by atoms with Gasteiger partial charge < -0.3 is 14.3 Å². The fourth-order valence-corrected chi connectivity index (χ4v) is 7.65. The van der Waals surface area contributed by atoms with Gasteiger partial charge in [-0.3, -0.25) is 4.57 Å². The summed E-state index contributed by atoms with van der Waals surface area (Å²) in [4.78, 5) is 5.23. The Morgan fingerprint density at radius 3 is 2.30 bits per heavy atom. The Balaban J connectivity index is 1.25. The number of hydrogen-bond acceptors (Lipinski definition) is 3. The minimum atomic E-state index is 0.0232. The van der Waals surface area contributed by atoms with Crippen LogP contribution < -0.4 is 5.32 Å². The topological polar surface area (TPSA) is 47.4 Å². The standard InChI is InChI=1S/C38H22N4O/c1-5-14-31-22(8-1)27-19-28-25-10-7-11-26-36-38(40-30-13-4-3-12-29(30)39-36)42(37(25)26)33(28)20-32(27)41(31)21-16-17-24-23-9-2-6-15-34(23)43-35(24)18-21/h1-20,36,39H. The van der Waals surface area contributed by atoms with Crippen LogP contribution >= 0.6 is 0 Å². The zero-order valence-electron chi connectivity index (χ0n) is 22.9. The molecule has 5 nitrogen and oxygen atoms in total. The van der Waals surface area contributed by atoms with Gasteiger partial charge in [0.25, 0.3) is 0 Å². The number of furan rings is 1. The first-order chi connectivity index (χ1) is 21.3. The number of nitrogens with zero attached hydrogens (tertiary/aromatic N) is 3. The maximum Gasteiger partial charge on any atom is 0.141 e. The molecule has 2 aliphatic rings. The molecular formula is C38H22N4O. The molecule has 43 heavy (non-hydrogen) atoms. The molecule has 200 valence electrons. The van der Waals surface area contributed by atoms with Crippen LogP contribution in [-0.4, -0.2) is 15.0 Å². The van der Waals surface area contributed by atoms with Gasteiger partial charge >= 0.3 is 0 Å². The van der Waals surface area contributed by atoms with Crippen LogP contribution in [0.2, 0.25) is 0 Å². The molecule has 2 aliphatic heterocycles. The van der Waals surface area contributed by atoms with Gasteiger partial charge in [0.15, 0.2) is 0 Å². The minimum absolute atomic E-state index is 0.0232. The maximum atomic E-state index is 6.32. The second-order valence-corrected chi connectivity index (χ2v) is 11.7. The Bertz CT molecular complexity index is 2720. The van der Waals surface area contributed by atoms with E-state index >= 15 is 0 Å². The summed E-state index contributed by atoms with van der Waals surface area (Å²) >= 11 is 0. The SMILES string of the molecule is c1ccc2c(c1)N=C1C(N2)c2cccc3c4cc5c6ccccc6n(-c6ccc7c(c6)oc6ccccc67)c5cc4n1c23. The van der Waals surface area contributed by atoms with E-state index in [4.69, 9.17) is 9.41 Å². The number of para-hydroxylation sites is 5. The molecule has 5 heterocycles. The van der Waals surface area contributed by atoms with Crippen LogP contribution in [0, 0.1) is 0 Å². The normalized spacial score (nSPS) is 15.5. The van der Waals surface area contributed by atoms with E-state index in [9.17, 15) is 0 Å². The van der Waals surface area contributed by atoms with Gasteiger partial charge in [0.05, 0.1) is 33.4 Å². The highest BCUT2D eigenvalue weighted by Crippen LogP contribution is 2.47. The van der Waals surface area contributed by atoms with E-state index in [2.05, 4.69) is 124 Å². The maximum absolute atomic E-state index is 6.32. The number of hydrogen-bond donors (Lipinski definition) is 1. The number of anilines is 1. The molecule has 0 spiro atoms. The first kappa shape index (κ1) is 21.9. The van der Waals surface area contributed by atoms with E-state index in [1.807, 2.05) is 12.1 Å². The van der Waals surface area contributed by atoms with Crippen LogP contribution in [0.4, 0.5) is 11.4 Å². The lowest BCUT2D eigenvalue weighted by Crippen LogP contribution is -2.24. The highest BCUT2D eigenvalue weighted by atomic mass is 16.3. The molecule has 5 heteroatoms. The lowest BCUT2D eigenvalue weighted by molar-refractivity contribution is 0.668. The molecule has 6 aromatic carbocycles. The smallest absolute Gasteiger partial charge is 0.141 e. The first-order valence-corrected chi connectivity index (χ1v) is 14.7. The number of fused-ring (bicyclic) bond motifs is 13. The third-order valence-corrected chi connectivity index (χ3v) is 9.47. The van der Waals surface area contributed by atoms with Gasteiger partial charge in [-0.1, -0.05) is 66.7 Å². The Morgan fingerprint density at radius 2 is 1.33 bits per heavy atom. The van der Waals surface area contributed by atoms with Crippen molar-refractivity contribution in [2.75, 3.05) is 5.32 Å². The summed E-state index contributed by atoms with van der Waals surface area (Å²) in [6.45, 7) is 0. The van der Waals surface area contributed by atoms with Crippen molar-refractivity contribution in [2.24, 2.45) is 4.99 Å². The molecule has 3 aromatic heterocycles. The largest absolute Gasteiger partial charge is 0.456 e. The lowest BCUT2D eigenvalue weighted by atomic mass is 10.0. The van der Waals surface area contributed by atoms with Crippen molar-refractivity contribution in [3.05, 3.63) is 127 Å². The van der Waals surface area contributed by atoms with Gasteiger partial charge in [-0.05, 0) is 48.5 Å².